The summed E-state index contributed by atoms with van der Waals surface area (Å²) in [7, 11) is 0. The first-order chi connectivity index (χ1) is 16.1. The molecule has 0 spiro atoms. The van der Waals surface area contributed by atoms with Gasteiger partial charge in [0.2, 0.25) is 0 Å². The molecule has 0 saturated carbocycles. The second-order valence-corrected chi connectivity index (χ2v) is 8.12. The average molecular weight is 539 g/mol. The van der Waals surface area contributed by atoms with Crippen LogP contribution in [0.1, 0.15) is 40.2 Å². The normalized spacial score (nSPS) is 16.9. The maximum Gasteiger partial charge on any atom is 0.392 e. The van der Waals surface area contributed by atoms with E-state index in [-0.39, 0.29) is 51.9 Å². The molecule has 34 heavy (non-hydrogen) atoms. The molecule has 0 bridgehead atoms. The van der Waals surface area contributed by atoms with E-state index in [1.807, 2.05) is 0 Å². The number of hydrogen-bond donors (Lipinski definition) is 2. The molecule has 0 aromatic carbocycles. The fraction of sp³-hybridized carbons (Fsp3) is 0.273. The first-order valence-corrected chi connectivity index (χ1v) is 11.2. The highest BCUT2D eigenvalue weighted by molar-refractivity contribution is 9.09. The van der Waals surface area contributed by atoms with Gasteiger partial charge in [-0.05, 0) is 36.8 Å². The molecule has 0 aliphatic carbocycles. The van der Waals surface area contributed by atoms with Gasteiger partial charge in [-0.2, -0.15) is 18.3 Å². The van der Waals surface area contributed by atoms with Gasteiger partial charge in [0.1, 0.15) is 5.82 Å². The molecule has 0 radical (unpaired) electrons. The predicted octanol–water partition coefficient (Wildman–Crippen LogP) is 4.47. The molecule has 2 aromatic rings. The number of nitrogens with zero attached hydrogens (tertiary/aromatic N) is 4. The van der Waals surface area contributed by atoms with Crippen molar-refractivity contribution in [3.63, 3.8) is 0 Å². The van der Waals surface area contributed by atoms with Gasteiger partial charge in [-0.1, -0.05) is 28.6 Å². The molecule has 3 N–H and O–H groups in total. The Bertz CT molecular complexity index is 1170. The van der Waals surface area contributed by atoms with Crippen LogP contribution in [0.5, 0.6) is 0 Å². The largest absolute Gasteiger partial charge is 0.392 e. The molecular weight excluding hydrogens is 517 g/mol. The van der Waals surface area contributed by atoms with Crippen LogP contribution in [0.4, 0.5) is 24.7 Å². The highest BCUT2D eigenvalue weighted by Gasteiger charge is 2.35. The summed E-state index contributed by atoms with van der Waals surface area (Å²) in [5.41, 5.74) is 6.41. The van der Waals surface area contributed by atoms with Gasteiger partial charge < -0.3 is 16.0 Å². The van der Waals surface area contributed by atoms with Gasteiger partial charge in [-0.25, -0.2) is 4.98 Å². The van der Waals surface area contributed by atoms with Crippen LogP contribution in [0.3, 0.4) is 0 Å². The molecule has 0 unspecified atom stereocenters. The highest BCUT2D eigenvalue weighted by atomic mass is 79.9. The summed E-state index contributed by atoms with van der Waals surface area (Å²) < 4.78 is 40.4. The van der Waals surface area contributed by atoms with Crippen LogP contribution in [0.2, 0.25) is 0 Å². The second kappa shape index (κ2) is 10.2. The number of nitrogens with one attached hydrogen (secondary N) is 1. The number of amides is 2. The van der Waals surface area contributed by atoms with Gasteiger partial charge in [0, 0.05) is 23.8 Å². The van der Waals surface area contributed by atoms with Crippen molar-refractivity contribution in [3.05, 3.63) is 71.9 Å². The van der Waals surface area contributed by atoms with E-state index >= 15 is 0 Å². The summed E-state index contributed by atoms with van der Waals surface area (Å²) in [5.74, 6) is -1.08. The lowest BCUT2D eigenvalue weighted by molar-refractivity contribution is -0.126. The molecule has 2 aromatic heterocycles. The number of rotatable bonds is 7. The lowest BCUT2D eigenvalue weighted by Crippen LogP contribution is -2.42. The Hall–Kier alpha value is -3.41. The zero-order chi connectivity index (χ0) is 25.0. The summed E-state index contributed by atoms with van der Waals surface area (Å²) in [5, 5.41) is 6.83. The number of carbonyl (C=O) groups excluding carboxylic acids is 2. The molecule has 3 rings (SSSR count). The number of nitrogens with two attached hydrogens (primary N) is 1. The average Bonchev–Trinajstić information content (AvgIpc) is 3.19. The first-order valence-electron chi connectivity index (χ1n) is 10.1. The van der Waals surface area contributed by atoms with Crippen LogP contribution in [-0.4, -0.2) is 49.5 Å². The number of carbonyl (C=O) groups is 2. The Kier molecular flexibility index (Phi) is 7.60. The van der Waals surface area contributed by atoms with Crippen LogP contribution in [-0.2, 0) is 0 Å². The Morgan fingerprint density at radius 1 is 1.44 bits per heavy atom. The molecule has 1 aliphatic rings. The summed E-state index contributed by atoms with van der Waals surface area (Å²) >= 11 is 3.08. The van der Waals surface area contributed by atoms with E-state index in [1.165, 1.54) is 46.3 Å². The van der Waals surface area contributed by atoms with E-state index in [4.69, 9.17) is 5.73 Å². The topological polar surface area (TPSA) is 106 Å². The molecule has 8 nitrogen and oxygen atoms in total. The standard InChI is InChI=1S/C22H22BrF3N6O2/c1-3-5-15(8-14(10-23)9-22(24,25)26)31-12-13(2)32-18(21(31)34)17(11-29-32)30-20(33)16-6-4-7-28-19(16)27/h3-8,11,13H,1,9-10,12H2,2H3,(H2,27,28)(H,30,33)/b14-8+,15-5+/t13-/m0/s1. The van der Waals surface area contributed by atoms with Gasteiger partial charge in [-0.15, -0.1) is 0 Å². The number of pyridine rings is 1. The quantitative estimate of drug-likeness (QED) is 0.399. The third-order valence-corrected chi connectivity index (χ3v) is 5.71. The smallest absolute Gasteiger partial charge is 0.383 e. The lowest BCUT2D eigenvalue weighted by atomic mass is 10.1. The summed E-state index contributed by atoms with van der Waals surface area (Å²) in [6.45, 7) is 5.57. The molecule has 180 valence electrons. The minimum atomic E-state index is -4.40. The number of alkyl halides is 4. The fourth-order valence-electron chi connectivity index (χ4n) is 3.52. The summed E-state index contributed by atoms with van der Waals surface area (Å²) in [4.78, 5) is 31.4. The number of aromatic nitrogens is 3. The van der Waals surface area contributed by atoms with Crippen LogP contribution < -0.4 is 11.1 Å². The SMILES string of the molecule is C=C/C=C(\C=C(\CBr)CC(F)(F)F)N1C[C@H](C)n2ncc(NC(=O)c3cccnc3N)c2C1=O. The second-order valence-electron chi connectivity index (χ2n) is 7.56. The van der Waals surface area contributed by atoms with Crippen molar-refractivity contribution in [2.45, 2.75) is 25.6 Å². The van der Waals surface area contributed by atoms with Crippen LogP contribution in [0.15, 0.2) is 60.6 Å². The van der Waals surface area contributed by atoms with Crippen LogP contribution >= 0.6 is 15.9 Å². The molecule has 1 aliphatic heterocycles. The van der Waals surface area contributed by atoms with Gasteiger partial charge in [0.15, 0.2) is 5.69 Å². The summed E-state index contributed by atoms with van der Waals surface area (Å²) in [6, 6.07) is 2.72. The van der Waals surface area contributed by atoms with E-state index in [9.17, 15) is 22.8 Å². The zero-order valence-electron chi connectivity index (χ0n) is 18.1. The molecule has 2 amide bonds. The number of hydrogen-bond acceptors (Lipinski definition) is 5. The molecule has 1 atom stereocenters. The fourth-order valence-corrected chi connectivity index (χ4v) is 3.88. The number of allylic oxidation sites excluding steroid dienone is 4. The highest BCUT2D eigenvalue weighted by Crippen LogP contribution is 2.31. The van der Waals surface area contributed by atoms with Crippen molar-refractivity contribution >= 4 is 39.2 Å². The predicted molar refractivity (Wildman–Crippen MR) is 125 cm³/mol. The van der Waals surface area contributed by atoms with E-state index in [0.29, 0.717) is 0 Å². The maximum atomic E-state index is 13.4. The van der Waals surface area contributed by atoms with Crippen molar-refractivity contribution in [1.82, 2.24) is 19.7 Å². The number of anilines is 2. The van der Waals surface area contributed by atoms with E-state index in [2.05, 4.69) is 37.9 Å². The van der Waals surface area contributed by atoms with Gasteiger partial charge in [0.05, 0.1) is 29.9 Å². The number of halogens is 4. The minimum Gasteiger partial charge on any atom is -0.383 e. The number of fused-ring (bicyclic) bond motifs is 1. The van der Waals surface area contributed by atoms with Crippen molar-refractivity contribution in [2.24, 2.45) is 0 Å². The minimum absolute atomic E-state index is 0.0235. The Morgan fingerprint density at radius 2 is 2.18 bits per heavy atom. The lowest BCUT2D eigenvalue weighted by Gasteiger charge is -2.33. The molecule has 3 heterocycles. The Balaban J connectivity index is 1.96. The van der Waals surface area contributed by atoms with Crippen molar-refractivity contribution < 1.29 is 22.8 Å². The third-order valence-electron chi connectivity index (χ3n) is 4.99. The van der Waals surface area contributed by atoms with Gasteiger partial charge in [-0.3, -0.25) is 14.3 Å². The van der Waals surface area contributed by atoms with E-state index in [0.717, 1.165) is 0 Å². The molecule has 12 heteroatoms. The van der Waals surface area contributed by atoms with Crippen LogP contribution in [0.25, 0.3) is 0 Å². The molecule has 0 fully saturated rings. The Morgan fingerprint density at radius 3 is 2.79 bits per heavy atom. The summed E-state index contributed by atoms with van der Waals surface area (Å²) in [6.07, 6.45) is 1.43. The Labute approximate surface area is 202 Å². The van der Waals surface area contributed by atoms with Crippen molar-refractivity contribution in [3.8, 4) is 0 Å². The third kappa shape index (κ3) is 5.56. The first kappa shape index (κ1) is 25.2. The zero-order valence-corrected chi connectivity index (χ0v) is 19.7. The molecule has 0 saturated heterocycles. The maximum absolute atomic E-state index is 13.4. The molecular formula is C22H22BrF3N6O2. The van der Waals surface area contributed by atoms with Crippen LogP contribution in [0, 0.1) is 0 Å². The van der Waals surface area contributed by atoms with E-state index < -0.39 is 24.4 Å². The van der Waals surface area contributed by atoms with E-state index in [1.54, 1.807) is 13.0 Å². The van der Waals surface area contributed by atoms with Crippen molar-refractivity contribution in [1.29, 1.82) is 0 Å². The van der Waals surface area contributed by atoms with Crippen molar-refractivity contribution in [2.75, 3.05) is 22.9 Å². The van der Waals surface area contributed by atoms with Gasteiger partial charge in [0.25, 0.3) is 11.8 Å². The monoisotopic (exact) mass is 538 g/mol. The van der Waals surface area contributed by atoms with Gasteiger partial charge >= 0.3 is 6.18 Å². The number of nitrogen functional groups attached to an aromatic ring is 1.